The van der Waals surface area contributed by atoms with Crippen LogP contribution in [-0.4, -0.2) is 36.5 Å². The van der Waals surface area contributed by atoms with Gasteiger partial charge < -0.3 is 9.64 Å². The Bertz CT molecular complexity index is 544. The predicted molar refractivity (Wildman–Crippen MR) is 81.5 cm³/mol. The van der Waals surface area contributed by atoms with Crippen molar-refractivity contribution in [1.82, 2.24) is 4.90 Å². The summed E-state index contributed by atoms with van der Waals surface area (Å²) in [6.07, 6.45) is 3.04. The fraction of sp³-hybridized carbons (Fsp3) is 0.500. The number of methoxy groups -OCH3 is 1. The number of ether oxygens (including phenoxy) is 1. The zero-order valence-corrected chi connectivity index (χ0v) is 13.2. The summed E-state index contributed by atoms with van der Waals surface area (Å²) in [6.45, 7) is 2.53. The van der Waals surface area contributed by atoms with Crippen LogP contribution in [0.4, 0.5) is 0 Å². The number of likely N-dealkylation sites (tertiary alicyclic amines) is 1. The summed E-state index contributed by atoms with van der Waals surface area (Å²) >= 11 is 6.25. The molecule has 2 rings (SSSR count). The zero-order chi connectivity index (χ0) is 15.4. The van der Waals surface area contributed by atoms with E-state index in [1.54, 1.807) is 11.0 Å². The minimum atomic E-state index is -0.282. The van der Waals surface area contributed by atoms with Gasteiger partial charge in [0, 0.05) is 12.6 Å². The molecule has 0 spiro atoms. The monoisotopic (exact) mass is 309 g/mol. The van der Waals surface area contributed by atoms with Crippen LogP contribution >= 0.6 is 11.6 Å². The Balaban J connectivity index is 2.22. The molecule has 1 atom stereocenters. The number of hydrogen-bond donors (Lipinski definition) is 0. The number of carbonyl (C=O) groups is 2. The minimum absolute atomic E-state index is 0.0997. The number of carbonyl (C=O) groups excluding carboxylic acids is 2. The molecule has 0 N–H and O–H groups in total. The Labute approximate surface area is 130 Å². The Kier molecular flexibility index (Phi) is 5.23. The van der Waals surface area contributed by atoms with Gasteiger partial charge in [-0.25, -0.2) is 0 Å². The first-order chi connectivity index (χ1) is 10.0. The number of hydrogen-bond acceptors (Lipinski definition) is 3. The SMILES string of the molecule is COC(=O)CC1CCCCN1C(=O)c1cccc(C)c1Cl. The molecule has 0 saturated carbocycles. The lowest BCUT2D eigenvalue weighted by molar-refractivity contribution is -0.142. The average molecular weight is 310 g/mol. The van der Waals surface area contributed by atoms with Gasteiger partial charge in [-0.2, -0.15) is 0 Å². The molecule has 1 amide bonds. The van der Waals surface area contributed by atoms with Crippen molar-refractivity contribution in [3.05, 3.63) is 34.3 Å². The summed E-state index contributed by atoms with van der Waals surface area (Å²) in [4.78, 5) is 26.0. The summed E-state index contributed by atoms with van der Waals surface area (Å²) in [6, 6.07) is 5.34. The maximum Gasteiger partial charge on any atom is 0.307 e. The van der Waals surface area contributed by atoms with Gasteiger partial charge in [0.1, 0.15) is 0 Å². The van der Waals surface area contributed by atoms with Crippen molar-refractivity contribution in [3.8, 4) is 0 Å². The molecule has 0 radical (unpaired) electrons. The number of nitrogens with zero attached hydrogens (tertiary/aromatic N) is 1. The van der Waals surface area contributed by atoms with E-state index in [9.17, 15) is 9.59 Å². The third-order valence-corrected chi connectivity index (χ3v) is 4.44. The van der Waals surface area contributed by atoms with Crippen molar-refractivity contribution in [3.63, 3.8) is 0 Å². The molecule has 1 heterocycles. The Morgan fingerprint density at radius 2 is 2.14 bits per heavy atom. The second-order valence-electron chi connectivity index (χ2n) is 5.36. The van der Waals surface area contributed by atoms with Crippen LogP contribution in [0.5, 0.6) is 0 Å². The second-order valence-corrected chi connectivity index (χ2v) is 5.74. The van der Waals surface area contributed by atoms with Crippen molar-refractivity contribution in [2.24, 2.45) is 0 Å². The van der Waals surface area contributed by atoms with Gasteiger partial charge in [0.25, 0.3) is 5.91 Å². The molecule has 0 aliphatic carbocycles. The van der Waals surface area contributed by atoms with Crippen LogP contribution in [0.3, 0.4) is 0 Å². The van der Waals surface area contributed by atoms with Gasteiger partial charge >= 0.3 is 5.97 Å². The summed E-state index contributed by atoms with van der Waals surface area (Å²) in [5, 5.41) is 0.491. The number of rotatable bonds is 3. The van der Waals surface area contributed by atoms with Gasteiger partial charge in [0.15, 0.2) is 0 Å². The highest BCUT2D eigenvalue weighted by molar-refractivity contribution is 6.34. The van der Waals surface area contributed by atoms with Gasteiger partial charge in [-0.1, -0.05) is 23.7 Å². The lowest BCUT2D eigenvalue weighted by Gasteiger charge is -2.35. The number of piperidine rings is 1. The lowest BCUT2D eigenvalue weighted by Crippen LogP contribution is -2.45. The minimum Gasteiger partial charge on any atom is -0.469 e. The molecule has 0 bridgehead atoms. The van der Waals surface area contributed by atoms with Crippen LogP contribution in [0.25, 0.3) is 0 Å². The second kappa shape index (κ2) is 6.94. The van der Waals surface area contributed by atoms with E-state index < -0.39 is 0 Å². The quantitative estimate of drug-likeness (QED) is 0.806. The number of amides is 1. The Morgan fingerprint density at radius 3 is 2.86 bits per heavy atom. The summed E-state index contributed by atoms with van der Waals surface area (Å²) < 4.78 is 4.73. The molecular weight excluding hydrogens is 290 g/mol. The van der Waals surface area contributed by atoms with E-state index in [4.69, 9.17) is 16.3 Å². The van der Waals surface area contributed by atoms with E-state index in [-0.39, 0.29) is 24.3 Å². The van der Waals surface area contributed by atoms with E-state index in [0.717, 1.165) is 24.8 Å². The molecule has 5 heteroatoms. The molecule has 1 aromatic carbocycles. The molecule has 4 nitrogen and oxygen atoms in total. The fourth-order valence-electron chi connectivity index (χ4n) is 2.72. The number of halogens is 1. The highest BCUT2D eigenvalue weighted by Crippen LogP contribution is 2.26. The Morgan fingerprint density at radius 1 is 1.38 bits per heavy atom. The van der Waals surface area contributed by atoms with E-state index in [2.05, 4.69) is 0 Å². The normalized spacial score (nSPS) is 18.4. The first kappa shape index (κ1) is 15.8. The standard InChI is InChI=1S/C16H20ClNO3/c1-11-6-5-8-13(15(11)17)16(20)18-9-4-3-7-12(18)10-14(19)21-2/h5-6,8,12H,3-4,7,9-10H2,1-2H3. The average Bonchev–Trinajstić information content (AvgIpc) is 2.50. The molecule has 1 aliphatic heterocycles. The van der Waals surface area contributed by atoms with Crippen LogP contribution in [-0.2, 0) is 9.53 Å². The van der Waals surface area contributed by atoms with E-state index in [1.807, 2.05) is 19.1 Å². The van der Waals surface area contributed by atoms with Gasteiger partial charge in [-0.05, 0) is 37.8 Å². The smallest absolute Gasteiger partial charge is 0.307 e. The van der Waals surface area contributed by atoms with Crippen molar-refractivity contribution >= 4 is 23.5 Å². The van der Waals surface area contributed by atoms with E-state index in [1.165, 1.54) is 7.11 Å². The van der Waals surface area contributed by atoms with E-state index >= 15 is 0 Å². The summed E-state index contributed by atoms with van der Waals surface area (Å²) in [5.41, 5.74) is 1.39. The predicted octanol–water partition coefficient (Wildman–Crippen LogP) is 3.21. The maximum atomic E-state index is 12.7. The third kappa shape index (κ3) is 3.56. The molecule has 114 valence electrons. The van der Waals surface area contributed by atoms with Crippen LogP contribution in [0.2, 0.25) is 5.02 Å². The topological polar surface area (TPSA) is 46.6 Å². The molecule has 0 aromatic heterocycles. The lowest BCUT2D eigenvalue weighted by atomic mass is 9.98. The van der Waals surface area contributed by atoms with Gasteiger partial charge in [0.2, 0.25) is 0 Å². The summed E-state index contributed by atoms with van der Waals surface area (Å²) in [5.74, 6) is -0.382. The van der Waals surface area contributed by atoms with Crippen LogP contribution in [0, 0.1) is 6.92 Å². The highest BCUT2D eigenvalue weighted by Gasteiger charge is 2.30. The highest BCUT2D eigenvalue weighted by atomic mass is 35.5. The van der Waals surface area contributed by atoms with Crippen molar-refractivity contribution in [2.75, 3.05) is 13.7 Å². The zero-order valence-electron chi connectivity index (χ0n) is 12.4. The van der Waals surface area contributed by atoms with Gasteiger partial charge in [-0.15, -0.1) is 0 Å². The van der Waals surface area contributed by atoms with E-state index in [0.29, 0.717) is 17.1 Å². The van der Waals surface area contributed by atoms with Crippen LogP contribution in [0.1, 0.15) is 41.6 Å². The molecule has 1 fully saturated rings. The molecule has 21 heavy (non-hydrogen) atoms. The molecule has 1 saturated heterocycles. The van der Waals surface area contributed by atoms with Crippen molar-refractivity contribution in [1.29, 1.82) is 0 Å². The first-order valence-corrected chi connectivity index (χ1v) is 7.55. The van der Waals surface area contributed by atoms with Crippen LogP contribution in [0.15, 0.2) is 18.2 Å². The maximum absolute atomic E-state index is 12.7. The van der Waals surface area contributed by atoms with Crippen molar-refractivity contribution in [2.45, 2.75) is 38.6 Å². The van der Waals surface area contributed by atoms with Crippen LogP contribution < -0.4 is 0 Å². The number of benzene rings is 1. The largest absolute Gasteiger partial charge is 0.469 e. The molecule has 1 aromatic rings. The third-order valence-electron chi connectivity index (χ3n) is 3.94. The fourth-order valence-corrected chi connectivity index (χ4v) is 2.93. The van der Waals surface area contributed by atoms with Gasteiger partial charge in [0.05, 0.1) is 24.1 Å². The van der Waals surface area contributed by atoms with Crippen molar-refractivity contribution < 1.29 is 14.3 Å². The molecule has 1 unspecified atom stereocenters. The number of aryl methyl sites for hydroxylation is 1. The van der Waals surface area contributed by atoms with Gasteiger partial charge in [-0.3, -0.25) is 9.59 Å². The Hall–Kier alpha value is -1.55. The first-order valence-electron chi connectivity index (χ1n) is 7.17. The molecule has 1 aliphatic rings. The number of esters is 1. The summed E-state index contributed by atoms with van der Waals surface area (Å²) in [7, 11) is 1.37. The molecular formula is C16H20ClNO3.